The number of anilines is 1. The largest absolute Gasteiger partial charge is 0.383 e. The number of amides is 4. The number of nitrogens with one attached hydrogen (secondary N) is 2. The molecule has 2 atom stereocenters. The molecular weight excluding hydrogens is 410 g/mol. The van der Waals surface area contributed by atoms with Crippen LogP contribution in [0.3, 0.4) is 0 Å². The maximum atomic E-state index is 13.9. The van der Waals surface area contributed by atoms with Crippen molar-refractivity contribution in [3.63, 3.8) is 0 Å². The van der Waals surface area contributed by atoms with Crippen molar-refractivity contribution in [2.75, 3.05) is 11.9 Å². The summed E-state index contributed by atoms with van der Waals surface area (Å²) in [5.74, 6) is -3.83. The van der Waals surface area contributed by atoms with Gasteiger partial charge in [-0.3, -0.25) is 29.4 Å². The van der Waals surface area contributed by atoms with Crippen LogP contribution in [0.1, 0.15) is 45.2 Å². The third-order valence-corrected chi connectivity index (χ3v) is 5.33. The van der Waals surface area contributed by atoms with E-state index in [0.29, 0.717) is 5.69 Å². The molecule has 4 N–H and O–H groups in total. The molecule has 0 spiro atoms. The highest BCUT2D eigenvalue weighted by atomic mass is 19.1. The third-order valence-electron chi connectivity index (χ3n) is 5.33. The predicted molar refractivity (Wildman–Crippen MR) is 105 cm³/mol. The minimum absolute atomic E-state index is 0.0362. The summed E-state index contributed by atoms with van der Waals surface area (Å²) >= 11 is 0. The third kappa shape index (κ3) is 3.77. The molecule has 0 aromatic heterocycles. The van der Waals surface area contributed by atoms with Crippen LogP contribution in [0.15, 0.2) is 36.4 Å². The molecule has 2 unspecified atom stereocenters. The lowest BCUT2D eigenvalue weighted by Crippen LogP contribution is -2.54. The zero-order valence-corrected chi connectivity index (χ0v) is 16.2. The summed E-state index contributed by atoms with van der Waals surface area (Å²) in [7, 11) is 0. The zero-order chi connectivity index (χ0) is 22.3. The molecule has 1 saturated heterocycles. The van der Waals surface area contributed by atoms with Crippen molar-refractivity contribution in [1.29, 1.82) is 0 Å². The number of fused-ring (bicyclic) bond motifs is 1. The van der Waals surface area contributed by atoms with E-state index in [1.165, 1.54) is 18.2 Å². The lowest BCUT2D eigenvalue weighted by atomic mass is 10.0. The van der Waals surface area contributed by atoms with Crippen molar-refractivity contribution < 1.29 is 28.0 Å². The summed E-state index contributed by atoms with van der Waals surface area (Å²) in [6, 6.07) is 5.76. The number of imide groups is 2. The van der Waals surface area contributed by atoms with Crippen LogP contribution in [0.25, 0.3) is 0 Å². The summed E-state index contributed by atoms with van der Waals surface area (Å²) < 4.78 is 27.0. The molecule has 0 bridgehead atoms. The normalized spacial score (nSPS) is 19.3. The minimum Gasteiger partial charge on any atom is -0.383 e. The summed E-state index contributed by atoms with van der Waals surface area (Å²) in [6.07, 6.45) is 0.105. The highest BCUT2D eigenvalue weighted by molar-refractivity contribution is 6.23. The standard InChI is InChI=1S/C21H18F2N4O4/c22-10-1-3-13(15(23)7-10)16(24)9-25-11-2-4-12-14(8-11)21(31)27(20(12)30)17-5-6-18(28)26-19(17)29/h1-4,7-8,16-17,25H,5-6,9,24H2,(H,26,28,29). The van der Waals surface area contributed by atoms with E-state index >= 15 is 0 Å². The smallest absolute Gasteiger partial charge is 0.262 e. The Morgan fingerprint density at radius 3 is 2.52 bits per heavy atom. The lowest BCUT2D eigenvalue weighted by molar-refractivity contribution is -0.136. The van der Waals surface area contributed by atoms with Gasteiger partial charge in [-0.05, 0) is 30.7 Å². The Morgan fingerprint density at radius 2 is 1.81 bits per heavy atom. The number of carbonyl (C=O) groups excluding carboxylic acids is 4. The van der Waals surface area contributed by atoms with E-state index in [1.807, 2.05) is 0 Å². The molecule has 2 heterocycles. The molecule has 2 aromatic rings. The highest BCUT2D eigenvalue weighted by Crippen LogP contribution is 2.29. The fraction of sp³-hybridized carbons (Fsp3) is 0.238. The van der Waals surface area contributed by atoms with Gasteiger partial charge in [-0.1, -0.05) is 6.07 Å². The number of nitrogens with zero attached hydrogens (tertiary/aromatic N) is 1. The number of benzene rings is 2. The SMILES string of the molecule is NC(CNc1ccc2c(c1)C(=O)N(C1CCC(=O)NC1=O)C2=O)c1ccc(F)cc1F. The molecule has 8 nitrogen and oxygen atoms in total. The van der Waals surface area contributed by atoms with Gasteiger partial charge in [-0.2, -0.15) is 0 Å². The van der Waals surface area contributed by atoms with Crippen molar-refractivity contribution in [3.8, 4) is 0 Å². The molecule has 31 heavy (non-hydrogen) atoms. The quantitative estimate of drug-likeness (QED) is 0.621. The maximum Gasteiger partial charge on any atom is 0.262 e. The van der Waals surface area contributed by atoms with Crippen LogP contribution in [0.4, 0.5) is 14.5 Å². The Morgan fingerprint density at radius 1 is 1.06 bits per heavy atom. The number of piperidine rings is 1. The Labute approximate surface area is 175 Å². The number of carbonyl (C=O) groups is 4. The number of rotatable bonds is 5. The van der Waals surface area contributed by atoms with Crippen LogP contribution in [-0.2, 0) is 9.59 Å². The first-order valence-corrected chi connectivity index (χ1v) is 9.56. The molecule has 2 aromatic carbocycles. The summed E-state index contributed by atoms with van der Waals surface area (Å²) in [5, 5.41) is 5.10. The molecular formula is C21H18F2N4O4. The number of hydrogen-bond acceptors (Lipinski definition) is 6. The van der Waals surface area contributed by atoms with Gasteiger partial charge in [0.15, 0.2) is 0 Å². The summed E-state index contributed by atoms with van der Waals surface area (Å²) in [4.78, 5) is 49.8. The van der Waals surface area contributed by atoms with Crippen LogP contribution in [0, 0.1) is 11.6 Å². The number of halogens is 2. The second-order valence-corrected chi connectivity index (χ2v) is 7.36. The first-order valence-electron chi connectivity index (χ1n) is 9.56. The van der Waals surface area contributed by atoms with Crippen molar-refractivity contribution in [3.05, 3.63) is 64.7 Å². The summed E-state index contributed by atoms with van der Waals surface area (Å²) in [5.41, 5.74) is 6.83. The first kappa shape index (κ1) is 20.6. The van der Waals surface area contributed by atoms with Gasteiger partial charge in [0.05, 0.1) is 11.1 Å². The van der Waals surface area contributed by atoms with Crippen molar-refractivity contribution in [1.82, 2.24) is 10.2 Å². The summed E-state index contributed by atoms with van der Waals surface area (Å²) in [6.45, 7) is 0.0837. The van der Waals surface area contributed by atoms with Crippen LogP contribution in [0.2, 0.25) is 0 Å². The van der Waals surface area contributed by atoms with Crippen LogP contribution in [0.5, 0.6) is 0 Å². The van der Waals surface area contributed by atoms with Crippen LogP contribution >= 0.6 is 0 Å². The van der Waals surface area contributed by atoms with Crippen LogP contribution in [-0.4, -0.2) is 41.1 Å². The van der Waals surface area contributed by atoms with E-state index in [4.69, 9.17) is 5.73 Å². The molecule has 10 heteroatoms. The van der Waals surface area contributed by atoms with Crippen molar-refractivity contribution >= 4 is 29.3 Å². The van der Waals surface area contributed by atoms with Gasteiger partial charge >= 0.3 is 0 Å². The predicted octanol–water partition coefficient (Wildman–Crippen LogP) is 1.48. The van der Waals surface area contributed by atoms with Crippen molar-refractivity contribution in [2.24, 2.45) is 5.73 Å². The molecule has 0 saturated carbocycles. The van der Waals surface area contributed by atoms with E-state index in [1.54, 1.807) is 6.07 Å². The van der Waals surface area contributed by atoms with E-state index in [2.05, 4.69) is 10.6 Å². The van der Waals surface area contributed by atoms with E-state index in [0.717, 1.165) is 17.0 Å². The first-order chi connectivity index (χ1) is 14.8. The Bertz CT molecular complexity index is 1120. The van der Waals surface area contributed by atoms with Gasteiger partial charge in [0.25, 0.3) is 11.8 Å². The fourth-order valence-electron chi connectivity index (χ4n) is 3.72. The molecule has 160 valence electrons. The Hall–Kier alpha value is -3.66. The monoisotopic (exact) mass is 428 g/mol. The molecule has 0 aliphatic carbocycles. The maximum absolute atomic E-state index is 13.9. The molecule has 4 rings (SSSR count). The van der Waals surface area contributed by atoms with Gasteiger partial charge in [0.2, 0.25) is 11.8 Å². The van der Waals surface area contributed by atoms with Crippen molar-refractivity contribution in [2.45, 2.75) is 24.9 Å². The second kappa shape index (κ2) is 7.88. The second-order valence-electron chi connectivity index (χ2n) is 7.36. The van der Waals surface area contributed by atoms with Crippen LogP contribution < -0.4 is 16.4 Å². The Balaban J connectivity index is 1.49. The fourth-order valence-corrected chi connectivity index (χ4v) is 3.72. The molecule has 2 aliphatic rings. The van der Waals surface area contributed by atoms with Gasteiger partial charge in [-0.15, -0.1) is 0 Å². The topological polar surface area (TPSA) is 122 Å². The molecule has 0 radical (unpaired) electrons. The molecule has 4 amide bonds. The van der Waals surface area contributed by atoms with E-state index in [-0.39, 0.29) is 36.1 Å². The lowest BCUT2D eigenvalue weighted by Gasteiger charge is -2.27. The average Bonchev–Trinajstić information content (AvgIpc) is 2.96. The van der Waals surface area contributed by atoms with Gasteiger partial charge in [0.1, 0.15) is 17.7 Å². The highest BCUT2D eigenvalue weighted by Gasteiger charge is 2.44. The van der Waals surface area contributed by atoms with Gasteiger partial charge in [0, 0.05) is 36.3 Å². The van der Waals surface area contributed by atoms with E-state index in [9.17, 15) is 28.0 Å². The van der Waals surface area contributed by atoms with Gasteiger partial charge in [-0.25, -0.2) is 8.78 Å². The molecule has 2 aliphatic heterocycles. The average molecular weight is 428 g/mol. The Kier molecular flexibility index (Phi) is 5.24. The minimum atomic E-state index is -1.05. The van der Waals surface area contributed by atoms with Gasteiger partial charge < -0.3 is 11.1 Å². The zero-order valence-electron chi connectivity index (χ0n) is 16.2. The number of hydrogen-bond donors (Lipinski definition) is 3. The number of nitrogens with two attached hydrogens (primary N) is 1. The molecule has 1 fully saturated rings. The van der Waals surface area contributed by atoms with E-state index < -0.39 is 47.3 Å².